The second kappa shape index (κ2) is 5.71. The number of hydrogen-bond donors (Lipinski definition) is 2. The Balaban J connectivity index is 2.16. The predicted molar refractivity (Wildman–Crippen MR) is 83.6 cm³/mol. The van der Waals surface area contributed by atoms with Crippen LogP contribution in [-0.2, 0) is 0 Å². The van der Waals surface area contributed by atoms with Crippen molar-refractivity contribution in [1.29, 1.82) is 0 Å². The average molecular weight is 276 g/mol. The smallest absolute Gasteiger partial charge is 0.119 e. The van der Waals surface area contributed by atoms with Gasteiger partial charge in [-0.05, 0) is 29.3 Å². The zero-order valence-electron chi connectivity index (χ0n) is 11.5. The average Bonchev–Trinajstić information content (AvgIpc) is 2.52. The van der Waals surface area contributed by atoms with E-state index in [1.807, 2.05) is 60.7 Å². The molecule has 0 saturated heterocycles. The van der Waals surface area contributed by atoms with Crippen LogP contribution >= 0.6 is 0 Å². The molecule has 21 heavy (non-hydrogen) atoms. The monoisotopic (exact) mass is 276 g/mol. The maximum atomic E-state index is 10.2. The molecule has 104 valence electrons. The standard InChI is InChI=1S/C19H16O2/c20-16-12-10-15(11-13-16)19(14-6-2-1-3-7-14)17-8-4-5-9-18(17)21/h1-13,19-21H. The maximum absolute atomic E-state index is 10.2. The Morgan fingerprint density at radius 2 is 1.14 bits per heavy atom. The highest BCUT2D eigenvalue weighted by Crippen LogP contribution is 2.36. The van der Waals surface area contributed by atoms with E-state index in [-0.39, 0.29) is 17.4 Å². The fourth-order valence-electron chi connectivity index (χ4n) is 2.60. The molecule has 3 rings (SSSR count). The Morgan fingerprint density at radius 1 is 0.571 bits per heavy atom. The van der Waals surface area contributed by atoms with Gasteiger partial charge in [-0.15, -0.1) is 0 Å². The summed E-state index contributed by atoms with van der Waals surface area (Å²) in [5, 5.41) is 19.7. The van der Waals surface area contributed by atoms with E-state index in [9.17, 15) is 10.2 Å². The molecular formula is C19H16O2. The molecule has 2 nitrogen and oxygen atoms in total. The van der Waals surface area contributed by atoms with Crippen LogP contribution in [0.4, 0.5) is 0 Å². The topological polar surface area (TPSA) is 40.5 Å². The zero-order chi connectivity index (χ0) is 14.7. The van der Waals surface area contributed by atoms with Crippen LogP contribution in [-0.4, -0.2) is 10.2 Å². The van der Waals surface area contributed by atoms with Gasteiger partial charge in [-0.2, -0.15) is 0 Å². The van der Waals surface area contributed by atoms with E-state index in [0.29, 0.717) is 0 Å². The molecule has 0 aliphatic carbocycles. The van der Waals surface area contributed by atoms with Crippen LogP contribution in [0.2, 0.25) is 0 Å². The Kier molecular flexibility index (Phi) is 3.61. The number of hydrogen-bond acceptors (Lipinski definition) is 2. The molecule has 0 aromatic heterocycles. The summed E-state index contributed by atoms with van der Waals surface area (Å²) in [7, 11) is 0. The maximum Gasteiger partial charge on any atom is 0.119 e. The molecule has 0 spiro atoms. The molecule has 0 saturated carbocycles. The highest BCUT2D eigenvalue weighted by molar-refractivity contribution is 5.49. The summed E-state index contributed by atoms with van der Waals surface area (Å²) in [6, 6.07) is 24.5. The summed E-state index contributed by atoms with van der Waals surface area (Å²) in [6.45, 7) is 0. The Bertz CT molecular complexity index is 718. The van der Waals surface area contributed by atoms with Crippen molar-refractivity contribution in [3.63, 3.8) is 0 Å². The number of benzene rings is 3. The first-order chi connectivity index (χ1) is 10.3. The normalized spacial score (nSPS) is 12.0. The fourth-order valence-corrected chi connectivity index (χ4v) is 2.60. The minimum atomic E-state index is -0.0620. The molecule has 0 aliphatic rings. The van der Waals surface area contributed by atoms with Crippen molar-refractivity contribution in [2.75, 3.05) is 0 Å². The lowest BCUT2D eigenvalue weighted by molar-refractivity contribution is 0.467. The minimum Gasteiger partial charge on any atom is -0.508 e. The Morgan fingerprint density at radius 3 is 1.81 bits per heavy atom. The van der Waals surface area contributed by atoms with Gasteiger partial charge in [-0.25, -0.2) is 0 Å². The first-order valence-corrected chi connectivity index (χ1v) is 6.87. The molecule has 2 N–H and O–H groups in total. The van der Waals surface area contributed by atoms with Crippen LogP contribution in [0.5, 0.6) is 11.5 Å². The fraction of sp³-hybridized carbons (Fsp3) is 0.0526. The third-order valence-electron chi connectivity index (χ3n) is 3.61. The van der Waals surface area contributed by atoms with Gasteiger partial charge in [0.1, 0.15) is 11.5 Å². The van der Waals surface area contributed by atoms with E-state index in [1.54, 1.807) is 18.2 Å². The largest absolute Gasteiger partial charge is 0.508 e. The Labute approximate surface area is 123 Å². The van der Waals surface area contributed by atoms with Crippen LogP contribution < -0.4 is 0 Å². The molecule has 0 heterocycles. The van der Waals surface area contributed by atoms with Crippen molar-refractivity contribution in [3.05, 3.63) is 95.6 Å². The van der Waals surface area contributed by atoms with Crippen LogP contribution in [0.15, 0.2) is 78.9 Å². The quantitative estimate of drug-likeness (QED) is 0.701. The molecule has 3 aromatic rings. The lowest BCUT2D eigenvalue weighted by atomic mass is 9.85. The number of rotatable bonds is 3. The van der Waals surface area contributed by atoms with Gasteiger partial charge in [-0.1, -0.05) is 60.7 Å². The van der Waals surface area contributed by atoms with Crippen molar-refractivity contribution < 1.29 is 10.2 Å². The second-order valence-electron chi connectivity index (χ2n) is 4.99. The first-order valence-electron chi connectivity index (χ1n) is 6.87. The summed E-state index contributed by atoms with van der Waals surface area (Å²) in [4.78, 5) is 0. The SMILES string of the molecule is Oc1ccc(C(c2ccccc2)c2ccccc2O)cc1. The third kappa shape index (κ3) is 2.75. The van der Waals surface area contributed by atoms with Gasteiger partial charge in [0.2, 0.25) is 0 Å². The van der Waals surface area contributed by atoms with Crippen molar-refractivity contribution in [2.24, 2.45) is 0 Å². The molecule has 1 unspecified atom stereocenters. The lowest BCUT2D eigenvalue weighted by Crippen LogP contribution is -2.03. The van der Waals surface area contributed by atoms with Crippen molar-refractivity contribution in [2.45, 2.75) is 5.92 Å². The zero-order valence-corrected chi connectivity index (χ0v) is 11.5. The summed E-state index contributed by atoms with van der Waals surface area (Å²) in [5.74, 6) is 0.454. The van der Waals surface area contributed by atoms with E-state index >= 15 is 0 Å². The van der Waals surface area contributed by atoms with E-state index in [2.05, 4.69) is 0 Å². The molecule has 0 fully saturated rings. The minimum absolute atomic E-state index is 0.0620. The number of phenolic OH excluding ortho intramolecular Hbond substituents is 2. The van der Waals surface area contributed by atoms with Crippen LogP contribution in [0.1, 0.15) is 22.6 Å². The summed E-state index contributed by atoms with van der Waals surface area (Å²) in [6.07, 6.45) is 0. The van der Waals surface area contributed by atoms with Crippen molar-refractivity contribution in [1.82, 2.24) is 0 Å². The van der Waals surface area contributed by atoms with Crippen LogP contribution in [0.3, 0.4) is 0 Å². The molecule has 2 heteroatoms. The van der Waals surface area contributed by atoms with Crippen molar-refractivity contribution >= 4 is 0 Å². The molecule has 3 aromatic carbocycles. The van der Waals surface area contributed by atoms with Gasteiger partial charge in [0, 0.05) is 11.5 Å². The molecule has 0 bridgehead atoms. The molecule has 0 aliphatic heterocycles. The van der Waals surface area contributed by atoms with Gasteiger partial charge >= 0.3 is 0 Å². The number of phenols is 2. The second-order valence-corrected chi connectivity index (χ2v) is 4.99. The van der Waals surface area contributed by atoms with Gasteiger partial charge < -0.3 is 10.2 Å². The number of para-hydroxylation sites is 1. The van der Waals surface area contributed by atoms with Gasteiger partial charge in [0.15, 0.2) is 0 Å². The number of aromatic hydroxyl groups is 2. The molecule has 0 radical (unpaired) electrons. The highest BCUT2D eigenvalue weighted by Gasteiger charge is 2.19. The van der Waals surface area contributed by atoms with E-state index in [4.69, 9.17) is 0 Å². The molecular weight excluding hydrogens is 260 g/mol. The first kappa shape index (κ1) is 13.3. The van der Waals surface area contributed by atoms with Gasteiger partial charge in [0.05, 0.1) is 0 Å². The lowest BCUT2D eigenvalue weighted by Gasteiger charge is -2.20. The van der Waals surface area contributed by atoms with Crippen LogP contribution in [0, 0.1) is 0 Å². The predicted octanol–water partition coefficient (Wildman–Crippen LogP) is 4.28. The Hall–Kier alpha value is -2.74. The van der Waals surface area contributed by atoms with Crippen molar-refractivity contribution in [3.8, 4) is 11.5 Å². The van der Waals surface area contributed by atoms with Crippen LogP contribution in [0.25, 0.3) is 0 Å². The third-order valence-corrected chi connectivity index (χ3v) is 3.61. The van der Waals surface area contributed by atoms with E-state index in [1.165, 1.54) is 0 Å². The summed E-state index contributed by atoms with van der Waals surface area (Å²) < 4.78 is 0. The molecule has 0 amide bonds. The van der Waals surface area contributed by atoms with E-state index in [0.717, 1.165) is 16.7 Å². The van der Waals surface area contributed by atoms with Gasteiger partial charge in [-0.3, -0.25) is 0 Å². The molecule has 1 atom stereocenters. The highest BCUT2D eigenvalue weighted by atomic mass is 16.3. The summed E-state index contributed by atoms with van der Waals surface area (Å²) >= 11 is 0. The van der Waals surface area contributed by atoms with Gasteiger partial charge in [0.25, 0.3) is 0 Å². The summed E-state index contributed by atoms with van der Waals surface area (Å²) in [5.41, 5.74) is 2.99. The van der Waals surface area contributed by atoms with E-state index < -0.39 is 0 Å².